The van der Waals surface area contributed by atoms with Crippen LogP contribution in [0.2, 0.25) is 0 Å². The van der Waals surface area contributed by atoms with Crippen molar-refractivity contribution in [2.45, 2.75) is 27.2 Å². The van der Waals surface area contributed by atoms with Crippen LogP contribution in [-0.4, -0.2) is 11.1 Å². The van der Waals surface area contributed by atoms with Crippen LogP contribution in [0.3, 0.4) is 0 Å². The summed E-state index contributed by atoms with van der Waals surface area (Å²) in [6.07, 6.45) is 1.02. The minimum absolute atomic E-state index is 0. The Balaban J connectivity index is -0.0000000417. The molecule has 1 N–H and O–H groups in total. The van der Waals surface area contributed by atoms with Gasteiger partial charge in [0.1, 0.15) is 0 Å². The van der Waals surface area contributed by atoms with Gasteiger partial charge in [-0.3, -0.25) is 4.79 Å². The molecule has 0 heterocycles. The normalized spacial score (nSPS) is 5.44. The topological polar surface area (TPSA) is 37.3 Å². The van der Waals surface area contributed by atoms with Crippen LogP contribution in [0.15, 0.2) is 0 Å². The van der Waals surface area contributed by atoms with Gasteiger partial charge in [-0.25, -0.2) is 0 Å². The first-order chi connectivity index (χ1) is 2.77. The third-order valence-electron chi connectivity index (χ3n) is 0.464. The summed E-state index contributed by atoms with van der Waals surface area (Å²) in [5.74, 6) is -0.711. The second-order valence-electron chi connectivity index (χ2n) is 1.14. The van der Waals surface area contributed by atoms with Gasteiger partial charge in [-0.1, -0.05) is 14.4 Å². The third-order valence-corrected chi connectivity index (χ3v) is 0.464. The van der Waals surface area contributed by atoms with Gasteiger partial charge >= 0.3 is 24.8 Å². The molecule has 0 saturated carbocycles. The van der Waals surface area contributed by atoms with E-state index in [0.29, 0.717) is 6.42 Å². The quantitative estimate of drug-likeness (QED) is 0.399. The van der Waals surface area contributed by atoms with Crippen molar-refractivity contribution in [2.24, 2.45) is 0 Å². The fourth-order valence-electron chi connectivity index (χ4n) is 0.214. The number of aliphatic carboxylic acids is 1. The first kappa shape index (κ1) is 22.8. The molecule has 9 heavy (non-hydrogen) atoms. The molecule has 52 valence electrons. The first-order valence-electron chi connectivity index (χ1n) is 1.99. The standard InChI is InChI=1S/C4H8O2.CH4.ClH.Li/c1-2-3-4(5)6;;;/h2-3H2,1H3,(H,5,6);1H4;1H;/q;;;+1/p-1. The Bertz CT molecular complexity index is 58.9. The summed E-state index contributed by atoms with van der Waals surface area (Å²) in [4.78, 5) is 9.60. The number of hydrogen-bond donors (Lipinski definition) is 1. The second-order valence-corrected chi connectivity index (χ2v) is 1.14. The summed E-state index contributed by atoms with van der Waals surface area (Å²) in [6, 6.07) is 0. The van der Waals surface area contributed by atoms with Crippen LogP contribution >= 0.6 is 0 Å². The molecule has 0 aromatic rings. The maximum atomic E-state index is 9.60. The van der Waals surface area contributed by atoms with E-state index in [-0.39, 0.29) is 38.7 Å². The summed E-state index contributed by atoms with van der Waals surface area (Å²) < 4.78 is 0. The minimum Gasteiger partial charge on any atom is -1.00 e. The molecule has 0 rings (SSSR count). The molecule has 0 atom stereocenters. The summed E-state index contributed by atoms with van der Waals surface area (Å²) in [7, 11) is 0. The Morgan fingerprint density at radius 1 is 1.56 bits per heavy atom. The maximum Gasteiger partial charge on any atom is 1.00 e. The molecular weight excluding hydrogens is 134 g/mol. The average molecular weight is 147 g/mol. The van der Waals surface area contributed by atoms with Gasteiger partial charge in [0.2, 0.25) is 0 Å². The monoisotopic (exact) mass is 146 g/mol. The van der Waals surface area contributed by atoms with E-state index in [9.17, 15) is 4.79 Å². The van der Waals surface area contributed by atoms with E-state index >= 15 is 0 Å². The number of carboxylic acids is 1. The van der Waals surface area contributed by atoms with Gasteiger partial charge in [-0.2, -0.15) is 0 Å². The summed E-state index contributed by atoms with van der Waals surface area (Å²) in [5.41, 5.74) is 0. The molecule has 0 aliphatic rings. The molecule has 0 unspecified atom stereocenters. The largest absolute Gasteiger partial charge is 1.00 e. The third kappa shape index (κ3) is 30.0. The number of hydrogen-bond acceptors (Lipinski definition) is 1. The van der Waals surface area contributed by atoms with Crippen molar-refractivity contribution in [2.75, 3.05) is 0 Å². The van der Waals surface area contributed by atoms with Gasteiger partial charge in [-0.15, -0.1) is 0 Å². The Kier molecular flexibility index (Phi) is 39.9. The zero-order valence-electron chi connectivity index (χ0n) is 5.15. The fraction of sp³-hybridized carbons (Fsp3) is 0.800. The smallest absolute Gasteiger partial charge is 1.00 e. The van der Waals surface area contributed by atoms with E-state index in [4.69, 9.17) is 5.11 Å². The molecule has 0 fully saturated rings. The van der Waals surface area contributed by atoms with Crippen molar-refractivity contribution in [3.63, 3.8) is 0 Å². The Morgan fingerprint density at radius 2 is 1.89 bits per heavy atom. The van der Waals surface area contributed by atoms with Crippen LogP contribution in [0.4, 0.5) is 0 Å². The number of carboxylic acid groups (broad SMARTS) is 1. The number of halogens is 1. The zero-order valence-corrected chi connectivity index (χ0v) is 5.90. The summed E-state index contributed by atoms with van der Waals surface area (Å²) >= 11 is 0. The van der Waals surface area contributed by atoms with Crippen molar-refractivity contribution in [3.05, 3.63) is 0 Å². The second kappa shape index (κ2) is 15.8. The van der Waals surface area contributed by atoms with Crippen LogP contribution in [0.5, 0.6) is 0 Å². The molecular formula is C5H12ClLiO2. The van der Waals surface area contributed by atoms with Gasteiger partial charge in [-0.05, 0) is 6.42 Å². The van der Waals surface area contributed by atoms with E-state index in [1.165, 1.54) is 0 Å². The van der Waals surface area contributed by atoms with Gasteiger partial charge in [0.05, 0.1) is 0 Å². The minimum atomic E-state index is -0.711. The van der Waals surface area contributed by atoms with Crippen molar-refractivity contribution < 1.29 is 41.2 Å². The molecule has 0 amide bonds. The van der Waals surface area contributed by atoms with Crippen molar-refractivity contribution in [1.29, 1.82) is 0 Å². The predicted molar refractivity (Wildman–Crippen MR) is 29.3 cm³/mol. The maximum absolute atomic E-state index is 9.60. The molecule has 0 aliphatic carbocycles. The van der Waals surface area contributed by atoms with Gasteiger partial charge in [0, 0.05) is 6.42 Å². The van der Waals surface area contributed by atoms with E-state index in [1.54, 1.807) is 0 Å². The molecule has 0 saturated heterocycles. The number of carbonyl (C=O) groups is 1. The van der Waals surface area contributed by atoms with Crippen LogP contribution < -0.4 is 31.3 Å². The van der Waals surface area contributed by atoms with Gasteiger partial charge in [0.25, 0.3) is 0 Å². The van der Waals surface area contributed by atoms with Gasteiger partial charge < -0.3 is 17.5 Å². The molecule has 0 aromatic carbocycles. The fourth-order valence-corrected chi connectivity index (χ4v) is 0.214. The Morgan fingerprint density at radius 3 is 1.89 bits per heavy atom. The molecule has 2 nitrogen and oxygen atoms in total. The summed E-state index contributed by atoms with van der Waals surface area (Å²) in [5, 5.41) is 7.91. The summed E-state index contributed by atoms with van der Waals surface area (Å²) in [6.45, 7) is 1.84. The molecule has 0 radical (unpaired) electrons. The molecule has 0 aromatic heterocycles. The molecule has 0 aliphatic heterocycles. The Labute approximate surface area is 74.6 Å². The first-order valence-corrected chi connectivity index (χ1v) is 1.99. The molecule has 0 bridgehead atoms. The van der Waals surface area contributed by atoms with E-state index in [2.05, 4.69) is 0 Å². The number of rotatable bonds is 2. The van der Waals surface area contributed by atoms with Crippen molar-refractivity contribution in [1.82, 2.24) is 0 Å². The van der Waals surface area contributed by atoms with Crippen LogP contribution in [0, 0.1) is 0 Å². The van der Waals surface area contributed by atoms with Gasteiger partial charge in [0.15, 0.2) is 0 Å². The Hall–Kier alpha value is 0.357. The molecule has 0 spiro atoms. The van der Waals surface area contributed by atoms with Crippen LogP contribution in [0.1, 0.15) is 27.2 Å². The predicted octanol–water partition coefficient (Wildman–Crippen LogP) is -4.48. The van der Waals surface area contributed by atoms with E-state index < -0.39 is 5.97 Å². The zero-order chi connectivity index (χ0) is 4.99. The van der Waals surface area contributed by atoms with Crippen molar-refractivity contribution in [3.8, 4) is 0 Å². The van der Waals surface area contributed by atoms with Crippen molar-refractivity contribution >= 4 is 5.97 Å². The SMILES string of the molecule is C.CCCC(=O)O.[Cl-].[Li+]. The van der Waals surface area contributed by atoms with E-state index in [0.717, 1.165) is 6.42 Å². The van der Waals surface area contributed by atoms with Crippen LogP contribution in [-0.2, 0) is 4.79 Å². The van der Waals surface area contributed by atoms with E-state index in [1.807, 2.05) is 6.92 Å². The van der Waals surface area contributed by atoms with Crippen LogP contribution in [0.25, 0.3) is 0 Å². The average Bonchev–Trinajstić information content (AvgIpc) is 1.35. The molecule has 4 heteroatoms.